The molecule has 5 heterocycles. The van der Waals surface area contributed by atoms with Gasteiger partial charge < -0.3 is 9.97 Å². The van der Waals surface area contributed by atoms with E-state index < -0.39 is 0 Å². The number of imidazole rings is 4. The van der Waals surface area contributed by atoms with Gasteiger partial charge in [-0.05, 0) is 24.3 Å². The molecule has 5 aromatic heterocycles. The number of fused-ring (bicyclic) bond motifs is 8. The number of H-pyrrole nitrogens is 2. The lowest BCUT2D eigenvalue weighted by molar-refractivity contribution is 1.08. The summed E-state index contributed by atoms with van der Waals surface area (Å²) in [6.45, 7) is 0. The van der Waals surface area contributed by atoms with Crippen LogP contribution in [0.5, 0.6) is 0 Å². The first kappa shape index (κ1) is 27.2. The van der Waals surface area contributed by atoms with Gasteiger partial charge in [-0.15, -0.1) is 0 Å². The fourth-order valence-corrected chi connectivity index (χ4v) is 5.52. The maximum atomic E-state index is 4.99. The highest BCUT2D eigenvalue weighted by Gasteiger charge is 2.14. The lowest BCUT2D eigenvalue weighted by atomic mass is 10.2. The first-order valence-electron chi connectivity index (χ1n) is 15.2. The third-order valence-electron chi connectivity index (χ3n) is 7.72. The summed E-state index contributed by atoms with van der Waals surface area (Å²) in [7, 11) is 0. The Morgan fingerprint density at radius 1 is 0.375 bits per heavy atom. The molecule has 0 saturated heterocycles. The molecule has 0 fully saturated rings. The Labute approximate surface area is 271 Å². The topological polar surface area (TPSA) is 145 Å². The molecule has 8 bridgehead atoms. The van der Waals surface area contributed by atoms with Crippen molar-refractivity contribution < 1.29 is 0 Å². The Kier molecular flexibility index (Phi) is 6.46. The molecule has 0 radical (unpaired) electrons. The first-order valence-corrected chi connectivity index (χ1v) is 15.2. The van der Waals surface area contributed by atoms with E-state index in [0.717, 1.165) is 22.5 Å². The highest BCUT2D eigenvalue weighted by molar-refractivity contribution is 5.78. The van der Waals surface area contributed by atoms with Gasteiger partial charge in [0.25, 0.3) is 0 Å². The van der Waals surface area contributed by atoms with Crippen molar-refractivity contribution in [3.8, 4) is 33.9 Å². The molecule has 9 rings (SSSR count). The largest absolute Gasteiger partial charge is 0.307 e. The predicted octanol–water partition coefficient (Wildman–Crippen LogP) is 6.72. The van der Waals surface area contributed by atoms with Gasteiger partial charge >= 0.3 is 0 Å². The monoisotopic (exact) mass is 624 g/mol. The van der Waals surface area contributed by atoms with Crippen molar-refractivity contribution >= 4 is 45.7 Å². The van der Waals surface area contributed by atoms with Crippen molar-refractivity contribution in [3.63, 3.8) is 0 Å². The molecule has 9 aromatic rings. The highest BCUT2D eigenvalue weighted by atomic mass is 15.2. The third kappa shape index (κ3) is 5.08. The van der Waals surface area contributed by atoms with Crippen LogP contribution >= 0.6 is 0 Å². The molecule has 0 spiro atoms. The molecule has 228 valence electrons. The average molecular weight is 625 g/mol. The van der Waals surface area contributed by atoms with E-state index in [0.29, 0.717) is 57.1 Å². The van der Waals surface area contributed by atoms with Crippen molar-refractivity contribution in [3.05, 3.63) is 134 Å². The average Bonchev–Trinajstić information content (AvgIpc) is 3.92. The number of nitrogens with one attached hydrogen (secondary N) is 2. The summed E-state index contributed by atoms with van der Waals surface area (Å²) in [4.78, 5) is 45.6. The van der Waals surface area contributed by atoms with Crippen LogP contribution in [0.4, 0.5) is 0 Å². The summed E-state index contributed by atoms with van der Waals surface area (Å²) in [5.41, 5.74) is 6.50. The van der Waals surface area contributed by atoms with Gasteiger partial charge in [-0.2, -0.15) is 29.9 Å². The second-order valence-electron chi connectivity index (χ2n) is 10.9. The van der Waals surface area contributed by atoms with Gasteiger partial charge in [-0.1, -0.05) is 97.1 Å². The molecule has 0 aliphatic heterocycles. The van der Waals surface area contributed by atoms with Gasteiger partial charge in [0.2, 0.25) is 23.1 Å². The van der Waals surface area contributed by atoms with Gasteiger partial charge in [0.15, 0.2) is 22.6 Å². The van der Waals surface area contributed by atoms with E-state index in [1.807, 2.05) is 143 Å². The SMILES string of the molecule is c1ccc(-c2nc3nc4cn(-c5ccccc5)c(n4)nc4[nH]c(nc4-c4ccccc4)nc4cn(-c5ccccc5)c(n4)nc2[nH]3)cc1. The lowest BCUT2D eigenvalue weighted by Crippen LogP contribution is -1.93. The molecule has 12 heteroatoms. The zero-order valence-corrected chi connectivity index (χ0v) is 25.2. The summed E-state index contributed by atoms with van der Waals surface area (Å²) < 4.78 is 3.76. The normalized spacial score (nSPS) is 11.3. The molecule has 4 aromatic carbocycles. The van der Waals surface area contributed by atoms with Gasteiger partial charge in [-0.25, -0.2) is 9.97 Å². The molecular weight excluding hydrogens is 600 g/mol. The van der Waals surface area contributed by atoms with E-state index in [4.69, 9.17) is 39.9 Å². The van der Waals surface area contributed by atoms with Crippen LogP contribution in [0.3, 0.4) is 0 Å². The zero-order chi connectivity index (χ0) is 31.9. The number of hydrogen-bond acceptors (Lipinski definition) is 8. The molecule has 0 aliphatic rings. The predicted molar refractivity (Wildman–Crippen MR) is 183 cm³/mol. The van der Waals surface area contributed by atoms with Crippen molar-refractivity contribution in [1.29, 1.82) is 0 Å². The minimum Gasteiger partial charge on any atom is -0.307 e. The van der Waals surface area contributed by atoms with Crippen molar-refractivity contribution in [2.24, 2.45) is 0 Å². The second kappa shape index (κ2) is 11.4. The standard InChI is InChI=1S/C36H24N12/c1-5-13-23(14-6-1)29-31-43-33(41-29)37-27-21-48(26-19-11-4-12-20-26)36(40-27)46-32-30(24-15-7-2-8-16-24)42-34(44-32)38-28-22-47(35(39-28)45-31)25-17-9-3-10-18-25/h1-22H,(H,37,39,43,45)(H,38,40,44,46). The van der Waals surface area contributed by atoms with Crippen LogP contribution in [0.1, 0.15) is 0 Å². The number of hydrogen-bond donors (Lipinski definition) is 2. The Morgan fingerprint density at radius 3 is 1.15 bits per heavy atom. The summed E-state index contributed by atoms with van der Waals surface area (Å²) in [5.74, 6) is 1.46. The summed E-state index contributed by atoms with van der Waals surface area (Å²) >= 11 is 0. The summed E-state index contributed by atoms with van der Waals surface area (Å²) in [6, 6.07) is 39.4. The quantitative estimate of drug-likeness (QED) is 0.220. The fraction of sp³-hybridized carbons (Fsp3) is 0. The van der Waals surface area contributed by atoms with Crippen molar-refractivity contribution in [1.82, 2.24) is 59.0 Å². The number of aromatic nitrogens is 12. The molecule has 0 aliphatic carbocycles. The molecule has 0 saturated carbocycles. The van der Waals surface area contributed by atoms with Crippen LogP contribution in [-0.4, -0.2) is 59.0 Å². The maximum Gasteiger partial charge on any atom is 0.238 e. The van der Waals surface area contributed by atoms with Crippen LogP contribution in [0.2, 0.25) is 0 Å². The fourth-order valence-electron chi connectivity index (χ4n) is 5.52. The summed E-state index contributed by atoms with van der Waals surface area (Å²) in [5, 5.41) is 0. The second-order valence-corrected chi connectivity index (χ2v) is 10.9. The molecule has 0 amide bonds. The van der Waals surface area contributed by atoms with Crippen molar-refractivity contribution in [2.45, 2.75) is 0 Å². The number of rotatable bonds is 4. The molecule has 0 atom stereocenters. The smallest absolute Gasteiger partial charge is 0.238 e. The van der Waals surface area contributed by atoms with E-state index in [9.17, 15) is 0 Å². The molecular formula is C36H24N12. The Hall–Kier alpha value is -7.08. The Bertz CT molecular complexity index is 2290. The number of para-hydroxylation sites is 2. The van der Waals surface area contributed by atoms with Crippen molar-refractivity contribution in [2.75, 3.05) is 0 Å². The van der Waals surface area contributed by atoms with E-state index in [-0.39, 0.29) is 0 Å². The molecule has 0 unspecified atom stereocenters. The van der Waals surface area contributed by atoms with E-state index in [1.54, 1.807) is 0 Å². The summed E-state index contributed by atoms with van der Waals surface area (Å²) in [6.07, 6.45) is 3.65. The molecule has 2 N–H and O–H groups in total. The highest BCUT2D eigenvalue weighted by Crippen LogP contribution is 2.24. The minimum absolute atomic E-state index is 0.334. The van der Waals surface area contributed by atoms with Gasteiger partial charge in [-0.3, -0.25) is 9.13 Å². The van der Waals surface area contributed by atoms with Crippen LogP contribution < -0.4 is 0 Å². The first-order chi connectivity index (χ1) is 23.7. The minimum atomic E-state index is 0.334. The Morgan fingerprint density at radius 2 is 0.750 bits per heavy atom. The van der Waals surface area contributed by atoms with E-state index in [2.05, 4.69) is 9.97 Å². The number of aromatic amines is 2. The van der Waals surface area contributed by atoms with Gasteiger partial charge in [0.05, 0.1) is 12.4 Å². The maximum absolute atomic E-state index is 4.99. The Balaban J connectivity index is 1.42. The molecule has 48 heavy (non-hydrogen) atoms. The lowest BCUT2D eigenvalue weighted by Gasteiger charge is -2.01. The van der Waals surface area contributed by atoms with Crippen LogP contribution in [-0.2, 0) is 0 Å². The number of benzene rings is 4. The van der Waals surface area contributed by atoms with Crippen LogP contribution in [0.15, 0.2) is 134 Å². The van der Waals surface area contributed by atoms with E-state index >= 15 is 0 Å². The van der Waals surface area contributed by atoms with E-state index in [1.165, 1.54) is 0 Å². The molecule has 12 nitrogen and oxygen atoms in total. The number of nitrogens with zero attached hydrogens (tertiary/aromatic N) is 10. The van der Waals surface area contributed by atoms with Gasteiger partial charge in [0.1, 0.15) is 11.4 Å². The van der Waals surface area contributed by atoms with Crippen LogP contribution in [0.25, 0.3) is 79.6 Å². The third-order valence-corrected chi connectivity index (χ3v) is 7.72. The van der Waals surface area contributed by atoms with Gasteiger partial charge in [0, 0.05) is 22.5 Å². The van der Waals surface area contributed by atoms with Crippen LogP contribution in [0, 0.1) is 0 Å². The zero-order valence-electron chi connectivity index (χ0n) is 25.2.